The molecule has 1 N–H and O–H groups in total. The van der Waals surface area contributed by atoms with Crippen LogP contribution in [0.5, 0.6) is 0 Å². The summed E-state index contributed by atoms with van der Waals surface area (Å²) in [5.41, 5.74) is 0.749. The Labute approximate surface area is 204 Å². The van der Waals surface area contributed by atoms with Gasteiger partial charge in [0.15, 0.2) is 0 Å². The minimum Gasteiger partial charge on any atom is -0.363 e. The molecule has 34 heavy (non-hydrogen) atoms. The maximum atomic E-state index is 12.6. The highest BCUT2D eigenvalue weighted by Crippen LogP contribution is 2.24. The number of hydrogen-bond donors (Lipinski definition) is 1. The molecule has 0 amide bonds. The Kier molecular flexibility index (Phi) is 10.4. The van der Waals surface area contributed by atoms with Crippen LogP contribution in [0.2, 0.25) is 0 Å². The topological polar surface area (TPSA) is 68.3 Å². The molecular weight excluding hydrogens is 464 g/mol. The van der Waals surface area contributed by atoms with Gasteiger partial charge < -0.3 is 4.74 Å². The van der Waals surface area contributed by atoms with Crippen LogP contribution in [0.25, 0.3) is 10.2 Å². The van der Waals surface area contributed by atoms with Crippen molar-refractivity contribution in [1.82, 2.24) is 9.71 Å². The van der Waals surface area contributed by atoms with Gasteiger partial charge in [0.05, 0.1) is 26.7 Å². The number of nitrogens with zero attached hydrogens (tertiary/aromatic N) is 1. The molecule has 0 bridgehead atoms. The monoisotopic (exact) mass is 478 g/mol. The van der Waals surface area contributed by atoms with Crippen LogP contribution in [0.4, 0.5) is 0 Å². The molecule has 0 saturated carbocycles. The van der Waals surface area contributed by atoms with E-state index in [4.69, 9.17) is 17.6 Å². The molecule has 0 unspecified atom stereocenters. The van der Waals surface area contributed by atoms with E-state index in [2.05, 4.69) is 92.6 Å². The summed E-state index contributed by atoms with van der Waals surface area (Å²) < 4.78 is 33.7. The van der Waals surface area contributed by atoms with Gasteiger partial charge >= 0.3 is 0 Å². The first-order valence-electron chi connectivity index (χ1n) is 9.33. The lowest BCUT2D eigenvalue weighted by Gasteiger charge is -2.08. The lowest BCUT2D eigenvalue weighted by molar-refractivity contribution is 0.123. The summed E-state index contributed by atoms with van der Waals surface area (Å²) in [4.78, 5) is 4.44. The molecule has 0 aliphatic rings. The molecule has 1 aromatic heterocycles. The smallest absolute Gasteiger partial charge is 0.242 e. The molecule has 0 saturated heterocycles. The molecule has 0 fully saturated rings. The van der Waals surface area contributed by atoms with Crippen LogP contribution < -0.4 is 4.72 Å². The predicted octanol–water partition coefficient (Wildman–Crippen LogP) is 1.76. The van der Waals surface area contributed by atoms with Crippen molar-refractivity contribution in [1.29, 1.82) is 0 Å². The average molecular weight is 479 g/mol. The molecule has 2 aromatic rings. The van der Waals surface area contributed by atoms with Gasteiger partial charge in [0.2, 0.25) is 10.0 Å². The summed E-state index contributed by atoms with van der Waals surface area (Å²) in [5.74, 6) is 34.0. The van der Waals surface area contributed by atoms with Crippen molar-refractivity contribution < 1.29 is 13.2 Å². The first kappa shape index (κ1) is 25.7. The van der Waals surface area contributed by atoms with Gasteiger partial charge in [0.25, 0.3) is 0 Å². The summed E-state index contributed by atoms with van der Waals surface area (Å²) in [6.07, 6.45) is 10.0. The molecule has 0 aliphatic carbocycles. The van der Waals surface area contributed by atoms with E-state index in [1.165, 1.54) is 17.4 Å². The number of aryl methyl sites for hydroxylation is 1. The summed E-state index contributed by atoms with van der Waals surface area (Å²) >= 11 is 1.42. The van der Waals surface area contributed by atoms with E-state index in [0.29, 0.717) is 0 Å². The molecule has 7 heteroatoms. The molecule has 1 heterocycles. The number of aromatic nitrogens is 1. The van der Waals surface area contributed by atoms with Crippen LogP contribution in [-0.2, 0) is 14.8 Å². The van der Waals surface area contributed by atoms with Crippen molar-refractivity contribution in [3.63, 3.8) is 0 Å². The molecule has 0 radical (unpaired) electrons. The fourth-order valence-electron chi connectivity index (χ4n) is 2.19. The molecule has 0 spiro atoms. The maximum Gasteiger partial charge on any atom is 0.242 e. The van der Waals surface area contributed by atoms with Crippen LogP contribution in [-0.4, -0.2) is 26.7 Å². The molecule has 0 aliphatic heterocycles. The third kappa shape index (κ3) is 8.91. The Balaban J connectivity index is 2.03. The summed E-state index contributed by atoms with van der Waals surface area (Å²) in [6.45, 7) is 1.59. The minimum atomic E-state index is -3.78. The molecule has 2 rings (SSSR count). The quantitative estimate of drug-likeness (QED) is 0.390. The van der Waals surface area contributed by atoms with Crippen molar-refractivity contribution in [3.05, 3.63) is 23.2 Å². The minimum absolute atomic E-state index is 0.00498. The van der Waals surface area contributed by atoms with E-state index >= 15 is 0 Å². The summed E-state index contributed by atoms with van der Waals surface area (Å²) in [7, 11) is -3.78. The van der Waals surface area contributed by atoms with Gasteiger partial charge in [-0.05, 0) is 96.2 Å². The molecule has 1 aromatic carbocycles. The third-order valence-corrected chi connectivity index (χ3v) is 5.86. The summed E-state index contributed by atoms with van der Waals surface area (Å²) in [5, 5.41) is 0.856. The first-order chi connectivity index (χ1) is 16.5. The number of ether oxygens (including phenoxy) is 1. The number of sulfonamides is 1. The zero-order chi connectivity index (χ0) is 24.7. The Morgan fingerprint density at radius 3 is 2.18 bits per heavy atom. The van der Waals surface area contributed by atoms with Crippen molar-refractivity contribution in [2.75, 3.05) is 13.3 Å². The van der Waals surface area contributed by atoms with Crippen LogP contribution in [0, 0.1) is 109 Å². The Hall–Kier alpha value is -4.54. The van der Waals surface area contributed by atoms with Gasteiger partial charge in [-0.3, -0.25) is 0 Å². The number of fused-ring (bicyclic) bond motifs is 1. The number of terminal acetylenes is 2. The van der Waals surface area contributed by atoms with E-state index in [1.807, 2.05) is 6.92 Å². The number of hydrogen-bond acceptors (Lipinski definition) is 5. The average Bonchev–Trinajstić information content (AvgIpc) is 3.19. The normalized spacial score (nSPS) is 8.82. The molecule has 5 nitrogen and oxygen atoms in total. The largest absolute Gasteiger partial charge is 0.363 e. The number of nitrogens with one attached hydrogen (secondary N) is 1. The first-order valence-corrected chi connectivity index (χ1v) is 11.6. The Bertz CT molecular complexity index is 1580. The number of rotatable bonds is 6. The second kappa shape index (κ2) is 13.8. The van der Waals surface area contributed by atoms with E-state index in [9.17, 15) is 8.42 Å². The third-order valence-electron chi connectivity index (χ3n) is 3.55. The standard InChI is InChI=1S/C27H14N2O3S2/c1-4-6-8-10-12-14-16-24(17-15-13-11-9-7-5-2)21-32-22-28-34(30,31)25-18-19-26-27(20-25)33-23(3)29-26/h1-2,18-20,24,28H,21-22H2,3H3. The van der Waals surface area contributed by atoms with E-state index in [-0.39, 0.29) is 18.2 Å². The van der Waals surface area contributed by atoms with Gasteiger partial charge in [-0.25, -0.2) is 13.4 Å². The SMILES string of the molecule is C#CC#CC#CC#CC(C#CC#CC#CC#C)COCNS(=O)(=O)c1ccc2nc(C)sc2c1. The van der Waals surface area contributed by atoms with E-state index < -0.39 is 15.9 Å². The van der Waals surface area contributed by atoms with Crippen LogP contribution in [0.1, 0.15) is 5.01 Å². The second-order valence-corrected chi connectivity index (χ2v) is 8.91. The highest BCUT2D eigenvalue weighted by Gasteiger charge is 2.15. The van der Waals surface area contributed by atoms with E-state index in [0.717, 1.165) is 15.2 Å². The number of thiazole rings is 1. The predicted molar refractivity (Wildman–Crippen MR) is 133 cm³/mol. The van der Waals surface area contributed by atoms with Crippen molar-refractivity contribution in [2.24, 2.45) is 5.92 Å². The highest BCUT2D eigenvalue weighted by atomic mass is 32.2. The number of benzene rings is 1. The van der Waals surface area contributed by atoms with E-state index in [1.54, 1.807) is 12.1 Å². The molecule has 162 valence electrons. The summed E-state index contributed by atoms with van der Waals surface area (Å²) in [6, 6.07) is 4.73. The zero-order valence-corrected chi connectivity index (χ0v) is 19.5. The zero-order valence-electron chi connectivity index (χ0n) is 17.9. The van der Waals surface area contributed by atoms with Gasteiger partial charge in [-0.15, -0.1) is 24.2 Å². The van der Waals surface area contributed by atoms with Crippen LogP contribution >= 0.6 is 11.3 Å². The maximum absolute atomic E-state index is 12.6. The fourth-order valence-corrected chi connectivity index (χ4v) is 4.06. The highest BCUT2D eigenvalue weighted by molar-refractivity contribution is 7.89. The fraction of sp³-hybridized carbons (Fsp3) is 0.148. The van der Waals surface area contributed by atoms with Crippen LogP contribution in [0.15, 0.2) is 23.1 Å². The van der Waals surface area contributed by atoms with Gasteiger partial charge in [0, 0.05) is 0 Å². The van der Waals surface area contributed by atoms with Crippen molar-refractivity contribution >= 4 is 31.6 Å². The van der Waals surface area contributed by atoms with Gasteiger partial charge in [-0.2, -0.15) is 4.72 Å². The molecule has 0 atom stereocenters. The Morgan fingerprint density at radius 1 is 0.971 bits per heavy atom. The van der Waals surface area contributed by atoms with Gasteiger partial charge in [0.1, 0.15) is 12.6 Å². The Morgan fingerprint density at radius 2 is 1.56 bits per heavy atom. The lowest BCUT2D eigenvalue weighted by Crippen LogP contribution is -2.27. The van der Waals surface area contributed by atoms with Crippen molar-refractivity contribution in [2.45, 2.75) is 11.8 Å². The van der Waals surface area contributed by atoms with Gasteiger partial charge in [-0.1, -0.05) is 11.8 Å². The second-order valence-electron chi connectivity index (χ2n) is 5.91. The lowest BCUT2D eigenvalue weighted by atomic mass is 10.2. The van der Waals surface area contributed by atoms with Crippen LogP contribution in [0.3, 0.4) is 0 Å². The van der Waals surface area contributed by atoms with Crippen molar-refractivity contribution in [3.8, 4) is 95.7 Å². The molecular formula is C27H14N2O3S2.